The maximum Gasteiger partial charge on any atom is 0.417 e. The number of rotatable bonds is 4. The van der Waals surface area contributed by atoms with Gasteiger partial charge in [-0.15, -0.1) is 0 Å². The first-order valence-corrected chi connectivity index (χ1v) is 13.3. The van der Waals surface area contributed by atoms with Gasteiger partial charge in [0.2, 0.25) is 5.96 Å². The highest BCUT2D eigenvalue weighted by molar-refractivity contribution is 6.05. The van der Waals surface area contributed by atoms with Crippen molar-refractivity contribution in [2.24, 2.45) is 4.99 Å². The minimum atomic E-state index is -0.810. The molecule has 4 amide bonds. The zero-order valence-corrected chi connectivity index (χ0v) is 24.7. The van der Waals surface area contributed by atoms with Gasteiger partial charge in [0.15, 0.2) is 0 Å². The van der Waals surface area contributed by atoms with Crippen LogP contribution in [0.3, 0.4) is 0 Å². The Bertz CT molecular complexity index is 1260. The van der Waals surface area contributed by atoms with E-state index in [0.29, 0.717) is 6.42 Å². The number of ether oxygens (including phenoxy) is 3. The molecule has 0 bridgehead atoms. The molecule has 0 saturated carbocycles. The Balaban J connectivity index is 1.88. The van der Waals surface area contributed by atoms with Crippen LogP contribution in [-0.2, 0) is 20.8 Å². The highest BCUT2D eigenvalue weighted by atomic mass is 16.6. The van der Waals surface area contributed by atoms with Gasteiger partial charge in [0.1, 0.15) is 17.8 Å². The van der Waals surface area contributed by atoms with E-state index >= 15 is 0 Å². The van der Waals surface area contributed by atoms with Crippen LogP contribution in [0.4, 0.5) is 20.1 Å². The molecule has 1 aliphatic rings. The fourth-order valence-electron chi connectivity index (χ4n) is 3.75. The lowest BCUT2D eigenvalue weighted by Crippen LogP contribution is -2.56. The third-order valence-electron chi connectivity index (χ3n) is 5.58. The van der Waals surface area contributed by atoms with Crippen molar-refractivity contribution >= 4 is 35.8 Å². The van der Waals surface area contributed by atoms with Gasteiger partial charge in [0.25, 0.3) is 5.91 Å². The zero-order chi connectivity index (χ0) is 30.4. The molecule has 11 heteroatoms. The van der Waals surface area contributed by atoms with Crippen molar-refractivity contribution in [2.45, 2.75) is 65.8 Å². The number of hydrogen-bond donors (Lipinski definition) is 0. The van der Waals surface area contributed by atoms with Crippen LogP contribution in [0.25, 0.3) is 0 Å². The second-order valence-electron chi connectivity index (χ2n) is 11.5. The molecule has 2 aromatic carbocycles. The molecule has 220 valence electrons. The molecule has 0 unspecified atom stereocenters. The van der Waals surface area contributed by atoms with Crippen molar-refractivity contribution in [3.63, 3.8) is 0 Å². The number of hydrogen-bond acceptors (Lipinski definition) is 8. The highest BCUT2D eigenvalue weighted by Gasteiger charge is 2.37. The van der Waals surface area contributed by atoms with E-state index in [4.69, 9.17) is 14.2 Å². The molecule has 0 aliphatic carbocycles. The lowest BCUT2D eigenvalue weighted by molar-refractivity contribution is 0.0224. The molecule has 0 N–H and O–H groups in total. The number of guanidine groups is 1. The molecule has 0 atom stereocenters. The number of aliphatic imine (C=N–C) groups is 1. The van der Waals surface area contributed by atoms with Crippen LogP contribution in [-0.4, -0.2) is 76.2 Å². The molecule has 0 aromatic heterocycles. The summed E-state index contributed by atoms with van der Waals surface area (Å²) in [5, 5.41) is 0. The van der Waals surface area contributed by atoms with Crippen molar-refractivity contribution < 1.29 is 33.4 Å². The minimum Gasteiger partial charge on any atom is -0.444 e. The van der Waals surface area contributed by atoms with Crippen molar-refractivity contribution in [3.05, 3.63) is 65.7 Å². The van der Waals surface area contributed by atoms with Gasteiger partial charge in [-0.2, -0.15) is 0 Å². The van der Waals surface area contributed by atoms with Gasteiger partial charge in [0, 0.05) is 25.7 Å². The van der Waals surface area contributed by atoms with Gasteiger partial charge >= 0.3 is 18.3 Å². The van der Waals surface area contributed by atoms with Crippen LogP contribution in [0.2, 0.25) is 0 Å². The quantitative estimate of drug-likeness (QED) is 0.419. The van der Waals surface area contributed by atoms with Crippen LogP contribution >= 0.6 is 0 Å². The number of imide groups is 1. The lowest BCUT2D eigenvalue weighted by atomic mass is 10.2. The van der Waals surface area contributed by atoms with Crippen LogP contribution < -0.4 is 0 Å². The van der Waals surface area contributed by atoms with E-state index in [2.05, 4.69) is 4.99 Å². The molecule has 3 rings (SSSR count). The topological polar surface area (TPSA) is 118 Å². The van der Waals surface area contributed by atoms with Gasteiger partial charge < -0.3 is 14.2 Å². The standard InChI is InChI=1S/C30H38N4O7/c1-29(2,3)40-27(37)33-17-12-18-34(28(38)41-30(4,5)6)25(33)31-23-16-11-15-22(19-23)24(35)32(7)26(36)39-20-21-13-9-8-10-14-21/h8-11,13-16,19H,12,17-18,20H2,1-7H3. The Labute approximate surface area is 240 Å². The van der Waals surface area contributed by atoms with Crippen LogP contribution in [0.5, 0.6) is 0 Å². The summed E-state index contributed by atoms with van der Waals surface area (Å²) in [7, 11) is 1.32. The number of carbonyl (C=O) groups excluding carboxylic acids is 4. The Hall–Kier alpha value is -4.41. The Morgan fingerprint density at radius 2 is 1.39 bits per heavy atom. The molecule has 0 radical (unpaired) electrons. The summed E-state index contributed by atoms with van der Waals surface area (Å²) >= 11 is 0. The molecule has 11 nitrogen and oxygen atoms in total. The number of amides is 4. The number of carbonyl (C=O) groups is 4. The average Bonchev–Trinajstić information content (AvgIpc) is 2.89. The monoisotopic (exact) mass is 566 g/mol. The van der Waals surface area contributed by atoms with Crippen LogP contribution in [0, 0.1) is 0 Å². The summed E-state index contributed by atoms with van der Waals surface area (Å²) < 4.78 is 16.4. The highest BCUT2D eigenvalue weighted by Crippen LogP contribution is 2.23. The van der Waals surface area contributed by atoms with Crippen LogP contribution in [0.15, 0.2) is 59.6 Å². The first-order valence-electron chi connectivity index (χ1n) is 13.3. The molecule has 1 heterocycles. The van der Waals surface area contributed by atoms with Crippen molar-refractivity contribution in [3.8, 4) is 0 Å². The van der Waals surface area contributed by atoms with Crippen LogP contribution in [0.1, 0.15) is 63.9 Å². The Kier molecular flexibility index (Phi) is 9.75. The largest absolute Gasteiger partial charge is 0.444 e. The van der Waals surface area contributed by atoms with E-state index < -0.39 is 35.4 Å². The fraction of sp³-hybridized carbons (Fsp3) is 0.433. The van der Waals surface area contributed by atoms with Crippen molar-refractivity contribution in [2.75, 3.05) is 20.1 Å². The second kappa shape index (κ2) is 12.8. The first-order chi connectivity index (χ1) is 19.1. The third kappa shape index (κ3) is 9.06. The third-order valence-corrected chi connectivity index (χ3v) is 5.58. The van der Waals surface area contributed by atoms with Gasteiger partial charge in [0.05, 0.1) is 5.69 Å². The Morgan fingerprint density at radius 1 is 0.829 bits per heavy atom. The summed E-state index contributed by atoms with van der Waals surface area (Å²) in [5.41, 5.74) is -0.323. The maximum atomic E-state index is 13.1. The predicted molar refractivity (Wildman–Crippen MR) is 153 cm³/mol. The molecular weight excluding hydrogens is 528 g/mol. The number of benzene rings is 2. The number of nitrogens with zero attached hydrogens (tertiary/aromatic N) is 4. The summed E-state index contributed by atoms with van der Waals surface area (Å²) in [6.07, 6.45) is -1.67. The van der Waals surface area contributed by atoms with E-state index in [1.54, 1.807) is 53.7 Å². The maximum absolute atomic E-state index is 13.1. The molecule has 41 heavy (non-hydrogen) atoms. The molecule has 0 spiro atoms. The van der Waals surface area contributed by atoms with E-state index in [-0.39, 0.29) is 36.9 Å². The average molecular weight is 567 g/mol. The minimum absolute atomic E-state index is 0.0139. The van der Waals surface area contributed by atoms with Gasteiger partial charge in [-0.25, -0.2) is 34.1 Å². The zero-order valence-electron chi connectivity index (χ0n) is 24.7. The van der Waals surface area contributed by atoms with E-state index in [9.17, 15) is 19.2 Å². The second-order valence-corrected chi connectivity index (χ2v) is 11.5. The molecule has 1 aliphatic heterocycles. The molecule has 1 saturated heterocycles. The molecule has 2 aromatic rings. The summed E-state index contributed by atoms with van der Waals surface area (Å²) in [6.45, 7) is 11.0. The molecule has 1 fully saturated rings. The smallest absolute Gasteiger partial charge is 0.417 e. The first kappa shape index (κ1) is 31.1. The normalized spacial score (nSPS) is 13.8. The van der Waals surface area contributed by atoms with E-state index in [1.807, 2.05) is 30.3 Å². The fourth-order valence-corrected chi connectivity index (χ4v) is 3.75. The summed E-state index contributed by atoms with van der Waals surface area (Å²) in [5.74, 6) is -0.596. The van der Waals surface area contributed by atoms with Gasteiger partial charge in [-0.1, -0.05) is 36.4 Å². The van der Waals surface area contributed by atoms with E-state index in [1.165, 1.54) is 29.0 Å². The molecular formula is C30H38N4O7. The van der Waals surface area contributed by atoms with E-state index in [0.717, 1.165) is 10.5 Å². The van der Waals surface area contributed by atoms with Crippen molar-refractivity contribution in [1.82, 2.24) is 14.7 Å². The van der Waals surface area contributed by atoms with Gasteiger partial charge in [-0.3, -0.25) is 4.79 Å². The predicted octanol–water partition coefficient (Wildman–Crippen LogP) is 5.96. The summed E-state index contributed by atoms with van der Waals surface area (Å²) in [6, 6.07) is 15.3. The van der Waals surface area contributed by atoms with Crippen molar-refractivity contribution in [1.29, 1.82) is 0 Å². The SMILES string of the molecule is CN(C(=O)OCc1ccccc1)C(=O)c1cccc(N=C2N(C(=O)OC(C)(C)C)CCCN2C(=O)OC(C)(C)C)c1. The van der Waals surface area contributed by atoms with Gasteiger partial charge in [-0.05, 0) is 71.7 Å². The Morgan fingerprint density at radius 3 is 1.93 bits per heavy atom. The summed E-state index contributed by atoms with van der Waals surface area (Å²) in [4.78, 5) is 59.9. The lowest BCUT2D eigenvalue weighted by Gasteiger charge is -2.37.